The quantitative estimate of drug-likeness (QED) is 0.849. The third-order valence-electron chi connectivity index (χ3n) is 4.45. The van der Waals surface area contributed by atoms with Crippen LogP contribution in [0.2, 0.25) is 0 Å². The lowest BCUT2D eigenvalue weighted by atomic mass is 10.1. The lowest BCUT2D eigenvalue weighted by Gasteiger charge is -2.28. The van der Waals surface area contributed by atoms with Gasteiger partial charge in [-0.1, -0.05) is 55.3 Å². The van der Waals surface area contributed by atoms with Crippen LogP contribution in [0.3, 0.4) is 0 Å². The molecule has 1 saturated heterocycles. The van der Waals surface area contributed by atoms with Gasteiger partial charge >= 0.3 is 0 Å². The fraction of sp³-hybridized carbons (Fsp3) is 0.421. The van der Waals surface area contributed by atoms with E-state index in [9.17, 15) is 4.79 Å². The van der Waals surface area contributed by atoms with Crippen LogP contribution in [0.4, 0.5) is 0 Å². The molecule has 0 aliphatic carbocycles. The fourth-order valence-electron chi connectivity index (χ4n) is 3.13. The molecule has 0 saturated carbocycles. The van der Waals surface area contributed by atoms with Crippen molar-refractivity contribution in [3.05, 3.63) is 54.6 Å². The third-order valence-corrected chi connectivity index (χ3v) is 4.45. The minimum absolute atomic E-state index is 0.191. The topological polar surface area (TPSA) is 51.0 Å². The van der Waals surface area contributed by atoms with Crippen LogP contribution >= 0.6 is 0 Å². The first kappa shape index (κ1) is 16.4. The molecule has 3 rings (SSSR count). The van der Waals surface area contributed by atoms with Gasteiger partial charge in [-0.25, -0.2) is 4.98 Å². The molecule has 1 amide bonds. The van der Waals surface area contributed by atoms with Crippen molar-refractivity contribution < 1.29 is 4.79 Å². The molecule has 5 heteroatoms. The molecule has 126 valence electrons. The molecule has 1 fully saturated rings. The Hall–Kier alpha value is -2.43. The van der Waals surface area contributed by atoms with Crippen molar-refractivity contribution in [3.63, 3.8) is 0 Å². The van der Waals surface area contributed by atoms with Crippen LogP contribution in [-0.4, -0.2) is 38.2 Å². The zero-order chi connectivity index (χ0) is 16.6. The summed E-state index contributed by atoms with van der Waals surface area (Å²) < 4.78 is 1.71. The Morgan fingerprint density at radius 3 is 2.88 bits per heavy atom. The Morgan fingerprint density at radius 2 is 2.08 bits per heavy atom. The average Bonchev–Trinajstić information content (AvgIpc) is 3.03. The van der Waals surface area contributed by atoms with Crippen LogP contribution in [0.15, 0.2) is 49.1 Å². The largest absolute Gasteiger partial charge is 0.336 e. The lowest BCUT2D eigenvalue weighted by molar-refractivity contribution is -0.132. The normalized spacial score (nSPS) is 18.7. The average molecular weight is 324 g/mol. The number of carbonyl (C=O) groups excluding carboxylic acids is 1. The maximum Gasteiger partial charge on any atom is 0.224 e. The van der Waals surface area contributed by atoms with Gasteiger partial charge in [0.2, 0.25) is 5.91 Å². The van der Waals surface area contributed by atoms with Crippen LogP contribution in [0.5, 0.6) is 0 Å². The monoisotopic (exact) mass is 324 g/mol. The van der Waals surface area contributed by atoms with E-state index in [-0.39, 0.29) is 11.9 Å². The fourth-order valence-corrected chi connectivity index (χ4v) is 3.13. The van der Waals surface area contributed by atoms with Crippen molar-refractivity contribution in [1.82, 2.24) is 19.7 Å². The highest BCUT2D eigenvalue weighted by atomic mass is 16.2. The summed E-state index contributed by atoms with van der Waals surface area (Å²) in [6.45, 7) is 1.43. The second-order valence-electron chi connectivity index (χ2n) is 6.18. The van der Waals surface area contributed by atoms with E-state index in [4.69, 9.17) is 0 Å². The number of hydrogen-bond donors (Lipinski definition) is 0. The third kappa shape index (κ3) is 4.54. The number of carbonyl (C=O) groups is 1. The summed E-state index contributed by atoms with van der Waals surface area (Å²) in [5.74, 6) is 0.204. The SMILES string of the molecule is O=C(CCn1cncn1)N1CCCCCC1C=Cc1ccccc1. The number of aryl methyl sites for hydroxylation is 1. The van der Waals surface area contributed by atoms with Gasteiger partial charge in [0.1, 0.15) is 12.7 Å². The molecule has 5 nitrogen and oxygen atoms in total. The number of likely N-dealkylation sites (tertiary alicyclic amines) is 1. The molecule has 1 atom stereocenters. The summed E-state index contributed by atoms with van der Waals surface area (Å²) in [7, 11) is 0. The van der Waals surface area contributed by atoms with E-state index in [0.29, 0.717) is 13.0 Å². The first-order chi connectivity index (χ1) is 11.8. The molecule has 1 unspecified atom stereocenters. The van der Waals surface area contributed by atoms with Crippen molar-refractivity contribution in [1.29, 1.82) is 0 Å². The predicted molar refractivity (Wildman–Crippen MR) is 94.1 cm³/mol. The Bertz CT molecular complexity index is 651. The molecule has 1 aromatic carbocycles. The second kappa shape index (κ2) is 8.43. The molecule has 1 aromatic heterocycles. The molecule has 0 N–H and O–H groups in total. The van der Waals surface area contributed by atoms with Crippen molar-refractivity contribution in [2.75, 3.05) is 6.54 Å². The first-order valence-corrected chi connectivity index (χ1v) is 8.68. The van der Waals surface area contributed by atoms with Gasteiger partial charge in [0, 0.05) is 13.0 Å². The summed E-state index contributed by atoms with van der Waals surface area (Å²) in [5.41, 5.74) is 1.18. The van der Waals surface area contributed by atoms with Crippen molar-refractivity contribution >= 4 is 12.0 Å². The van der Waals surface area contributed by atoms with Crippen LogP contribution in [-0.2, 0) is 11.3 Å². The van der Waals surface area contributed by atoms with Gasteiger partial charge in [-0.2, -0.15) is 5.10 Å². The molecule has 1 aliphatic heterocycles. The molecule has 2 heterocycles. The molecule has 24 heavy (non-hydrogen) atoms. The highest BCUT2D eigenvalue weighted by Gasteiger charge is 2.23. The van der Waals surface area contributed by atoms with E-state index in [2.05, 4.69) is 34.4 Å². The minimum atomic E-state index is 0.191. The zero-order valence-corrected chi connectivity index (χ0v) is 13.9. The molecule has 0 bridgehead atoms. The van der Waals surface area contributed by atoms with E-state index in [1.807, 2.05) is 23.1 Å². The van der Waals surface area contributed by atoms with Gasteiger partial charge in [-0.3, -0.25) is 9.48 Å². The number of rotatable bonds is 5. The maximum absolute atomic E-state index is 12.7. The van der Waals surface area contributed by atoms with Crippen LogP contribution in [0.25, 0.3) is 6.08 Å². The Balaban J connectivity index is 1.65. The molecular formula is C19H24N4O. The minimum Gasteiger partial charge on any atom is -0.336 e. The Labute approximate surface area is 143 Å². The van der Waals surface area contributed by atoms with Gasteiger partial charge in [-0.15, -0.1) is 0 Å². The van der Waals surface area contributed by atoms with E-state index in [0.717, 1.165) is 19.4 Å². The van der Waals surface area contributed by atoms with Gasteiger partial charge in [0.05, 0.1) is 12.6 Å². The molecule has 2 aromatic rings. The number of nitrogens with zero attached hydrogens (tertiary/aromatic N) is 4. The van der Waals surface area contributed by atoms with E-state index < -0.39 is 0 Å². The molecule has 1 aliphatic rings. The second-order valence-corrected chi connectivity index (χ2v) is 6.18. The zero-order valence-electron chi connectivity index (χ0n) is 13.9. The van der Waals surface area contributed by atoms with E-state index in [1.165, 1.54) is 24.7 Å². The standard InChI is InChI=1S/C19H24N4O/c24-19(12-14-22-16-20-15-21-22)23-13-6-2-5-9-18(23)11-10-17-7-3-1-4-8-17/h1,3-4,7-8,10-11,15-16,18H,2,5-6,9,12-14H2. The Kier molecular flexibility index (Phi) is 5.77. The van der Waals surface area contributed by atoms with E-state index in [1.54, 1.807) is 11.0 Å². The molecular weight excluding hydrogens is 300 g/mol. The summed E-state index contributed by atoms with van der Waals surface area (Å²) in [4.78, 5) is 18.7. The van der Waals surface area contributed by atoms with E-state index >= 15 is 0 Å². The number of amides is 1. The summed E-state index contributed by atoms with van der Waals surface area (Å²) in [5, 5.41) is 4.07. The summed E-state index contributed by atoms with van der Waals surface area (Å²) >= 11 is 0. The van der Waals surface area contributed by atoms with Gasteiger partial charge in [0.15, 0.2) is 0 Å². The number of hydrogen-bond acceptors (Lipinski definition) is 3. The number of aromatic nitrogens is 3. The number of benzene rings is 1. The van der Waals surface area contributed by atoms with Crippen molar-refractivity contribution in [2.45, 2.75) is 44.7 Å². The summed E-state index contributed by atoms with van der Waals surface area (Å²) in [6, 6.07) is 10.5. The van der Waals surface area contributed by atoms with Crippen LogP contribution < -0.4 is 0 Å². The highest BCUT2D eigenvalue weighted by molar-refractivity contribution is 5.77. The summed E-state index contributed by atoms with van der Waals surface area (Å²) in [6.07, 6.45) is 12.5. The highest BCUT2D eigenvalue weighted by Crippen LogP contribution is 2.20. The lowest BCUT2D eigenvalue weighted by Crippen LogP contribution is -2.39. The van der Waals surface area contributed by atoms with Gasteiger partial charge in [0.25, 0.3) is 0 Å². The predicted octanol–water partition coefficient (Wildman–Crippen LogP) is 3.15. The smallest absolute Gasteiger partial charge is 0.224 e. The van der Waals surface area contributed by atoms with Crippen molar-refractivity contribution in [2.24, 2.45) is 0 Å². The van der Waals surface area contributed by atoms with Crippen LogP contribution in [0.1, 0.15) is 37.7 Å². The van der Waals surface area contributed by atoms with Crippen LogP contribution in [0, 0.1) is 0 Å². The maximum atomic E-state index is 12.7. The molecule has 0 radical (unpaired) electrons. The van der Waals surface area contributed by atoms with Gasteiger partial charge < -0.3 is 4.90 Å². The first-order valence-electron chi connectivity index (χ1n) is 8.68. The molecule has 0 spiro atoms. The van der Waals surface area contributed by atoms with Crippen molar-refractivity contribution in [3.8, 4) is 0 Å². The Morgan fingerprint density at radius 1 is 1.21 bits per heavy atom. The van der Waals surface area contributed by atoms with Gasteiger partial charge in [-0.05, 0) is 18.4 Å².